The lowest BCUT2D eigenvalue weighted by Gasteiger charge is -2.06. The Morgan fingerprint density at radius 2 is 1.87 bits per heavy atom. The standard InChI is InChI=1S/C17H20N2O4/c1-22-14-7-4-13(5-8-14)6-9-16(20)19-12-17(21)18-11-15-3-2-10-23-15/h2-5,7-8,10H,6,9,11-12H2,1H3,(H,18,21)(H,19,20). The van der Waals surface area contributed by atoms with Gasteiger partial charge in [0.15, 0.2) is 0 Å². The predicted octanol–water partition coefficient (Wildman–Crippen LogP) is 1.65. The first-order valence-electron chi connectivity index (χ1n) is 7.36. The number of furan rings is 1. The van der Waals surface area contributed by atoms with Crippen LogP contribution in [0.2, 0.25) is 0 Å². The maximum absolute atomic E-state index is 11.7. The largest absolute Gasteiger partial charge is 0.497 e. The zero-order valence-corrected chi connectivity index (χ0v) is 13.0. The van der Waals surface area contributed by atoms with Crippen molar-refractivity contribution < 1.29 is 18.7 Å². The van der Waals surface area contributed by atoms with Gasteiger partial charge in [-0.2, -0.15) is 0 Å². The van der Waals surface area contributed by atoms with Gasteiger partial charge in [-0.25, -0.2) is 0 Å². The average Bonchev–Trinajstić information content (AvgIpc) is 3.10. The average molecular weight is 316 g/mol. The minimum absolute atomic E-state index is 0.0395. The van der Waals surface area contributed by atoms with E-state index >= 15 is 0 Å². The van der Waals surface area contributed by atoms with E-state index in [2.05, 4.69) is 10.6 Å². The zero-order chi connectivity index (χ0) is 16.5. The van der Waals surface area contributed by atoms with Crippen molar-refractivity contribution in [3.05, 3.63) is 54.0 Å². The Morgan fingerprint density at radius 3 is 2.52 bits per heavy atom. The van der Waals surface area contributed by atoms with Crippen molar-refractivity contribution in [3.63, 3.8) is 0 Å². The van der Waals surface area contributed by atoms with Gasteiger partial charge in [-0.15, -0.1) is 0 Å². The molecule has 2 aromatic rings. The van der Waals surface area contributed by atoms with E-state index in [-0.39, 0.29) is 18.4 Å². The molecule has 0 saturated carbocycles. The number of carbonyl (C=O) groups is 2. The molecule has 0 radical (unpaired) electrons. The van der Waals surface area contributed by atoms with Gasteiger partial charge < -0.3 is 19.8 Å². The Labute approximate surface area is 134 Å². The summed E-state index contributed by atoms with van der Waals surface area (Å²) in [6, 6.07) is 11.1. The lowest BCUT2D eigenvalue weighted by atomic mass is 10.1. The first-order chi connectivity index (χ1) is 11.2. The van der Waals surface area contributed by atoms with Crippen LogP contribution in [0.25, 0.3) is 0 Å². The second-order valence-corrected chi connectivity index (χ2v) is 4.98. The fraction of sp³-hybridized carbons (Fsp3) is 0.294. The monoisotopic (exact) mass is 316 g/mol. The Balaban J connectivity index is 1.63. The van der Waals surface area contributed by atoms with E-state index in [1.54, 1.807) is 25.5 Å². The predicted molar refractivity (Wildman–Crippen MR) is 84.9 cm³/mol. The summed E-state index contributed by atoms with van der Waals surface area (Å²) in [4.78, 5) is 23.3. The van der Waals surface area contributed by atoms with Crippen LogP contribution in [0.15, 0.2) is 47.1 Å². The van der Waals surface area contributed by atoms with E-state index in [9.17, 15) is 9.59 Å². The minimum atomic E-state index is -0.251. The molecular formula is C17H20N2O4. The van der Waals surface area contributed by atoms with Crippen molar-refractivity contribution in [1.29, 1.82) is 0 Å². The molecule has 0 spiro atoms. The van der Waals surface area contributed by atoms with Crippen molar-refractivity contribution in [2.45, 2.75) is 19.4 Å². The van der Waals surface area contributed by atoms with Crippen LogP contribution >= 0.6 is 0 Å². The van der Waals surface area contributed by atoms with Crippen LogP contribution in [0, 0.1) is 0 Å². The van der Waals surface area contributed by atoms with Crippen LogP contribution in [-0.2, 0) is 22.6 Å². The van der Waals surface area contributed by atoms with Gasteiger partial charge in [0, 0.05) is 6.42 Å². The third-order valence-electron chi connectivity index (χ3n) is 3.29. The van der Waals surface area contributed by atoms with E-state index in [1.807, 2.05) is 24.3 Å². The maximum Gasteiger partial charge on any atom is 0.239 e. The van der Waals surface area contributed by atoms with Crippen LogP contribution < -0.4 is 15.4 Å². The van der Waals surface area contributed by atoms with E-state index in [0.29, 0.717) is 25.1 Å². The fourth-order valence-corrected chi connectivity index (χ4v) is 1.98. The highest BCUT2D eigenvalue weighted by Crippen LogP contribution is 2.12. The number of aryl methyl sites for hydroxylation is 1. The van der Waals surface area contributed by atoms with Gasteiger partial charge in [0.25, 0.3) is 0 Å². The van der Waals surface area contributed by atoms with Crippen LogP contribution in [0.3, 0.4) is 0 Å². The molecule has 1 aromatic carbocycles. The van der Waals surface area contributed by atoms with Crippen molar-refractivity contribution in [3.8, 4) is 5.75 Å². The molecule has 0 bridgehead atoms. The van der Waals surface area contributed by atoms with Crippen LogP contribution in [0.4, 0.5) is 0 Å². The van der Waals surface area contributed by atoms with Crippen molar-refractivity contribution in [2.75, 3.05) is 13.7 Å². The summed E-state index contributed by atoms with van der Waals surface area (Å²) < 4.78 is 10.2. The summed E-state index contributed by atoms with van der Waals surface area (Å²) >= 11 is 0. The first-order valence-corrected chi connectivity index (χ1v) is 7.36. The molecule has 0 fully saturated rings. The van der Waals surface area contributed by atoms with Crippen LogP contribution in [-0.4, -0.2) is 25.5 Å². The molecule has 23 heavy (non-hydrogen) atoms. The molecule has 1 heterocycles. The Morgan fingerprint density at radius 1 is 1.09 bits per heavy atom. The molecule has 2 N–H and O–H groups in total. The molecular weight excluding hydrogens is 296 g/mol. The van der Waals surface area contributed by atoms with Gasteiger partial charge in [-0.1, -0.05) is 12.1 Å². The molecule has 2 rings (SSSR count). The lowest BCUT2D eigenvalue weighted by Crippen LogP contribution is -2.36. The van der Waals surface area contributed by atoms with Gasteiger partial charge in [0.1, 0.15) is 11.5 Å². The van der Waals surface area contributed by atoms with E-state index in [4.69, 9.17) is 9.15 Å². The topological polar surface area (TPSA) is 80.6 Å². The number of hydrogen-bond acceptors (Lipinski definition) is 4. The number of ether oxygens (including phenoxy) is 1. The highest BCUT2D eigenvalue weighted by Gasteiger charge is 2.06. The van der Waals surface area contributed by atoms with Crippen LogP contribution in [0.5, 0.6) is 5.75 Å². The second kappa shape index (κ2) is 8.63. The van der Waals surface area contributed by atoms with E-state index < -0.39 is 0 Å². The Hall–Kier alpha value is -2.76. The van der Waals surface area contributed by atoms with Gasteiger partial charge in [0.2, 0.25) is 11.8 Å². The summed E-state index contributed by atoms with van der Waals surface area (Å²) in [6.45, 7) is 0.274. The molecule has 0 atom stereocenters. The summed E-state index contributed by atoms with van der Waals surface area (Å²) in [5.74, 6) is 1.05. The number of benzene rings is 1. The SMILES string of the molecule is COc1ccc(CCC(=O)NCC(=O)NCc2ccco2)cc1. The number of carbonyl (C=O) groups excluding carboxylic acids is 2. The summed E-state index contributed by atoms with van der Waals surface area (Å²) in [5.41, 5.74) is 1.04. The molecule has 6 heteroatoms. The zero-order valence-electron chi connectivity index (χ0n) is 13.0. The molecule has 6 nitrogen and oxygen atoms in total. The van der Waals surface area contributed by atoms with Crippen molar-refractivity contribution >= 4 is 11.8 Å². The normalized spacial score (nSPS) is 10.1. The van der Waals surface area contributed by atoms with Crippen molar-refractivity contribution in [2.24, 2.45) is 0 Å². The molecule has 0 unspecified atom stereocenters. The minimum Gasteiger partial charge on any atom is -0.497 e. The molecule has 122 valence electrons. The highest BCUT2D eigenvalue weighted by molar-refractivity contribution is 5.84. The number of nitrogens with one attached hydrogen (secondary N) is 2. The maximum atomic E-state index is 11.7. The summed E-state index contributed by atoms with van der Waals surface area (Å²) in [7, 11) is 1.61. The van der Waals surface area contributed by atoms with Gasteiger partial charge >= 0.3 is 0 Å². The number of hydrogen-bond donors (Lipinski definition) is 2. The third kappa shape index (κ3) is 5.86. The van der Waals surface area contributed by atoms with E-state index in [1.165, 1.54) is 0 Å². The highest BCUT2D eigenvalue weighted by atomic mass is 16.5. The molecule has 0 aliphatic carbocycles. The summed E-state index contributed by atoms with van der Waals surface area (Å²) in [5, 5.41) is 5.26. The molecule has 1 aromatic heterocycles. The van der Waals surface area contributed by atoms with Gasteiger partial charge in [-0.3, -0.25) is 9.59 Å². The molecule has 2 amide bonds. The number of amides is 2. The summed E-state index contributed by atoms with van der Waals surface area (Å²) in [6.07, 6.45) is 2.49. The smallest absolute Gasteiger partial charge is 0.239 e. The number of methoxy groups -OCH3 is 1. The Bertz CT molecular complexity index is 621. The molecule has 0 saturated heterocycles. The van der Waals surface area contributed by atoms with Crippen LogP contribution in [0.1, 0.15) is 17.7 Å². The first kappa shape index (κ1) is 16.6. The second-order valence-electron chi connectivity index (χ2n) is 4.98. The van der Waals surface area contributed by atoms with Gasteiger partial charge in [-0.05, 0) is 36.2 Å². The Kier molecular flexibility index (Phi) is 6.23. The third-order valence-corrected chi connectivity index (χ3v) is 3.29. The van der Waals surface area contributed by atoms with Crippen molar-refractivity contribution in [1.82, 2.24) is 10.6 Å². The quantitative estimate of drug-likeness (QED) is 0.776. The fourth-order valence-electron chi connectivity index (χ4n) is 1.98. The van der Waals surface area contributed by atoms with E-state index in [0.717, 1.165) is 11.3 Å². The molecule has 0 aliphatic heterocycles. The number of rotatable bonds is 8. The van der Waals surface area contributed by atoms with Gasteiger partial charge in [0.05, 0.1) is 26.5 Å². The lowest BCUT2D eigenvalue weighted by molar-refractivity contribution is -0.126. The molecule has 0 aliphatic rings.